The van der Waals surface area contributed by atoms with Crippen LogP contribution in [0.4, 0.5) is 0 Å². The maximum Gasteiger partial charge on any atom is 0.234 e. The zero-order chi connectivity index (χ0) is 10.8. The molecule has 1 saturated heterocycles. The Hall–Kier alpha value is -1.23. The number of aromatic nitrogens is 1. The van der Waals surface area contributed by atoms with Crippen molar-refractivity contribution in [2.24, 2.45) is 0 Å². The van der Waals surface area contributed by atoms with Gasteiger partial charge in [-0.2, -0.15) is 0 Å². The molecular formula is C10H9BrN2O2. The van der Waals surface area contributed by atoms with Crippen molar-refractivity contribution in [3.63, 3.8) is 0 Å². The van der Waals surface area contributed by atoms with Gasteiger partial charge in [0, 0.05) is 12.6 Å². The second-order valence-corrected chi connectivity index (χ2v) is 4.23. The molecule has 0 aliphatic carbocycles. The van der Waals surface area contributed by atoms with Crippen LogP contribution in [0.3, 0.4) is 0 Å². The molecule has 2 amide bonds. The highest BCUT2D eigenvalue weighted by atomic mass is 79.9. The molecule has 15 heavy (non-hydrogen) atoms. The third kappa shape index (κ3) is 2.23. The van der Waals surface area contributed by atoms with Gasteiger partial charge in [-0.05, 0) is 34.0 Å². The summed E-state index contributed by atoms with van der Waals surface area (Å²) in [6, 6.07) is 3.64. The Kier molecular flexibility index (Phi) is 2.81. The van der Waals surface area contributed by atoms with Gasteiger partial charge in [0.15, 0.2) is 0 Å². The Balaban J connectivity index is 2.20. The van der Waals surface area contributed by atoms with Crippen LogP contribution in [0.5, 0.6) is 0 Å². The van der Waals surface area contributed by atoms with Crippen LogP contribution in [0, 0.1) is 0 Å². The number of imide groups is 1. The molecule has 1 aromatic rings. The summed E-state index contributed by atoms with van der Waals surface area (Å²) >= 11 is 3.23. The fraction of sp³-hybridized carbons (Fsp3) is 0.300. The lowest BCUT2D eigenvalue weighted by molar-refractivity contribution is -0.134. The quantitative estimate of drug-likeness (QED) is 0.618. The van der Waals surface area contributed by atoms with Crippen molar-refractivity contribution in [3.05, 3.63) is 28.5 Å². The summed E-state index contributed by atoms with van der Waals surface area (Å²) in [6.45, 7) is 0. The number of halogens is 1. The van der Waals surface area contributed by atoms with E-state index in [-0.39, 0.29) is 17.7 Å². The van der Waals surface area contributed by atoms with E-state index in [0.29, 0.717) is 12.8 Å². The van der Waals surface area contributed by atoms with Crippen LogP contribution in [-0.2, 0) is 9.59 Å². The predicted molar refractivity (Wildman–Crippen MR) is 57.1 cm³/mol. The maximum atomic E-state index is 11.5. The third-order valence-corrected chi connectivity index (χ3v) is 2.86. The molecule has 1 aliphatic rings. The van der Waals surface area contributed by atoms with Gasteiger partial charge >= 0.3 is 0 Å². The molecule has 0 saturated carbocycles. The van der Waals surface area contributed by atoms with E-state index in [1.165, 1.54) is 0 Å². The molecule has 1 unspecified atom stereocenters. The van der Waals surface area contributed by atoms with Crippen LogP contribution in [-0.4, -0.2) is 16.8 Å². The van der Waals surface area contributed by atoms with Gasteiger partial charge in [0.2, 0.25) is 11.8 Å². The van der Waals surface area contributed by atoms with Crippen molar-refractivity contribution < 1.29 is 9.59 Å². The SMILES string of the molecule is O=C1CCC(c2ccc(Br)nc2)C(=O)N1. The molecule has 1 aromatic heterocycles. The third-order valence-electron chi connectivity index (χ3n) is 2.39. The molecule has 5 heteroatoms. The number of carbonyl (C=O) groups excluding carboxylic acids is 2. The number of nitrogens with zero attached hydrogens (tertiary/aromatic N) is 1. The second kappa shape index (κ2) is 4.10. The van der Waals surface area contributed by atoms with Crippen LogP contribution >= 0.6 is 15.9 Å². The number of hydrogen-bond acceptors (Lipinski definition) is 3. The number of hydrogen-bond donors (Lipinski definition) is 1. The largest absolute Gasteiger partial charge is 0.296 e. The highest BCUT2D eigenvalue weighted by Gasteiger charge is 2.27. The Morgan fingerprint density at radius 1 is 1.40 bits per heavy atom. The van der Waals surface area contributed by atoms with Crippen molar-refractivity contribution in [2.75, 3.05) is 0 Å². The van der Waals surface area contributed by atoms with Gasteiger partial charge in [-0.3, -0.25) is 14.9 Å². The van der Waals surface area contributed by atoms with Gasteiger partial charge in [0.25, 0.3) is 0 Å². The van der Waals surface area contributed by atoms with E-state index in [1.807, 2.05) is 6.07 Å². The molecule has 1 atom stereocenters. The molecule has 2 rings (SSSR count). The minimum atomic E-state index is -0.247. The average molecular weight is 269 g/mol. The lowest BCUT2D eigenvalue weighted by Gasteiger charge is -2.20. The van der Waals surface area contributed by atoms with Gasteiger partial charge in [0.05, 0.1) is 5.92 Å². The highest BCUT2D eigenvalue weighted by Crippen LogP contribution is 2.24. The molecule has 0 spiro atoms. The summed E-state index contributed by atoms with van der Waals surface area (Å²) in [6.07, 6.45) is 2.62. The van der Waals surface area contributed by atoms with Gasteiger partial charge < -0.3 is 0 Å². The molecule has 4 nitrogen and oxygen atoms in total. The van der Waals surface area contributed by atoms with Crippen molar-refractivity contribution in [2.45, 2.75) is 18.8 Å². The Morgan fingerprint density at radius 2 is 2.20 bits per heavy atom. The first kappa shape index (κ1) is 10.3. The van der Waals surface area contributed by atoms with Crippen LogP contribution in [0.2, 0.25) is 0 Å². The first-order valence-electron chi connectivity index (χ1n) is 4.62. The zero-order valence-electron chi connectivity index (χ0n) is 7.87. The molecule has 0 aromatic carbocycles. The van der Waals surface area contributed by atoms with Crippen LogP contribution < -0.4 is 5.32 Å². The summed E-state index contributed by atoms with van der Waals surface area (Å²) in [7, 11) is 0. The normalized spacial score (nSPS) is 21.3. The number of pyridine rings is 1. The molecule has 2 heterocycles. The van der Waals surface area contributed by atoms with Crippen molar-refractivity contribution >= 4 is 27.7 Å². The number of amides is 2. The Labute approximate surface area is 95.2 Å². The Bertz CT molecular complexity index is 402. The van der Waals surface area contributed by atoms with Crippen LogP contribution in [0.25, 0.3) is 0 Å². The fourth-order valence-corrected chi connectivity index (χ4v) is 1.84. The van der Waals surface area contributed by atoms with E-state index < -0.39 is 0 Å². The number of nitrogens with one attached hydrogen (secondary N) is 1. The minimum Gasteiger partial charge on any atom is -0.296 e. The lowest BCUT2D eigenvalue weighted by Crippen LogP contribution is -2.39. The van der Waals surface area contributed by atoms with Gasteiger partial charge in [-0.25, -0.2) is 4.98 Å². The molecule has 1 aliphatic heterocycles. The highest BCUT2D eigenvalue weighted by molar-refractivity contribution is 9.10. The minimum absolute atomic E-state index is 0.193. The summed E-state index contributed by atoms with van der Waals surface area (Å²) in [5.74, 6) is -0.667. The van der Waals surface area contributed by atoms with Gasteiger partial charge in [-0.1, -0.05) is 6.07 Å². The molecule has 0 bridgehead atoms. The van der Waals surface area contributed by atoms with E-state index >= 15 is 0 Å². The second-order valence-electron chi connectivity index (χ2n) is 3.42. The van der Waals surface area contributed by atoms with Crippen molar-refractivity contribution in [3.8, 4) is 0 Å². The standard InChI is InChI=1S/C10H9BrN2O2/c11-8-3-1-6(5-12-8)7-2-4-9(14)13-10(7)15/h1,3,5,7H,2,4H2,(H,13,14,15). The van der Waals surface area contributed by atoms with Gasteiger partial charge in [0.1, 0.15) is 4.60 Å². The Morgan fingerprint density at radius 3 is 2.80 bits per heavy atom. The van der Waals surface area contributed by atoms with E-state index in [1.54, 1.807) is 12.3 Å². The van der Waals surface area contributed by atoms with Crippen LogP contribution in [0.15, 0.2) is 22.9 Å². The smallest absolute Gasteiger partial charge is 0.234 e. The monoisotopic (exact) mass is 268 g/mol. The van der Waals surface area contributed by atoms with Crippen molar-refractivity contribution in [1.29, 1.82) is 0 Å². The van der Waals surface area contributed by atoms with E-state index in [0.717, 1.165) is 10.2 Å². The summed E-state index contributed by atoms with van der Waals surface area (Å²) in [4.78, 5) is 26.5. The van der Waals surface area contributed by atoms with E-state index in [2.05, 4.69) is 26.2 Å². The molecule has 78 valence electrons. The summed E-state index contributed by atoms with van der Waals surface area (Å²) < 4.78 is 0.735. The first-order valence-corrected chi connectivity index (χ1v) is 5.41. The first-order chi connectivity index (χ1) is 7.16. The van der Waals surface area contributed by atoms with Crippen LogP contribution in [0.1, 0.15) is 24.3 Å². The van der Waals surface area contributed by atoms with E-state index in [9.17, 15) is 9.59 Å². The lowest BCUT2D eigenvalue weighted by atomic mass is 9.92. The van der Waals surface area contributed by atoms with E-state index in [4.69, 9.17) is 0 Å². The number of carbonyl (C=O) groups is 2. The molecule has 0 radical (unpaired) electrons. The fourth-order valence-electron chi connectivity index (χ4n) is 1.60. The topological polar surface area (TPSA) is 59.1 Å². The zero-order valence-corrected chi connectivity index (χ0v) is 9.45. The van der Waals surface area contributed by atoms with Crippen molar-refractivity contribution in [1.82, 2.24) is 10.3 Å². The molecule has 1 fully saturated rings. The molecule has 1 N–H and O–H groups in total. The number of piperidine rings is 1. The average Bonchev–Trinajstić information content (AvgIpc) is 2.20. The summed E-state index contributed by atoms with van der Waals surface area (Å²) in [5.41, 5.74) is 0.850. The molecular weight excluding hydrogens is 260 g/mol. The van der Waals surface area contributed by atoms with Gasteiger partial charge in [-0.15, -0.1) is 0 Å². The predicted octanol–water partition coefficient (Wildman–Crippen LogP) is 1.36. The maximum absolute atomic E-state index is 11.5. The summed E-state index contributed by atoms with van der Waals surface area (Å²) in [5, 5.41) is 2.33. The number of rotatable bonds is 1.